The topological polar surface area (TPSA) is 119 Å². The molecule has 2 N–H and O–H groups in total. The number of nitrogens with one attached hydrogen (secondary N) is 1. The maximum Gasteiger partial charge on any atom is 0.338 e. The van der Waals surface area contributed by atoms with Crippen LogP contribution < -0.4 is 5.32 Å². The van der Waals surface area contributed by atoms with Crippen molar-refractivity contribution in [3.63, 3.8) is 0 Å². The third-order valence-corrected chi connectivity index (χ3v) is 5.71. The Morgan fingerprint density at radius 2 is 1.71 bits per heavy atom. The number of nitro groups is 1. The van der Waals surface area contributed by atoms with E-state index in [1.54, 1.807) is 49.4 Å². The summed E-state index contributed by atoms with van der Waals surface area (Å²) in [6, 6.07) is 14.4. The molecule has 0 heterocycles. The Morgan fingerprint density at radius 3 is 2.32 bits per heavy atom. The second-order valence-corrected chi connectivity index (χ2v) is 8.07. The first kappa shape index (κ1) is 25.0. The second-order valence-electron chi connectivity index (χ2n) is 7.26. The van der Waals surface area contributed by atoms with Crippen molar-refractivity contribution in [3.8, 4) is 5.75 Å². The number of esters is 1. The first-order chi connectivity index (χ1) is 16.2. The summed E-state index contributed by atoms with van der Waals surface area (Å²) in [4.78, 5) is 35.3. The summed E-state index contributed by atoms with van der Waals surface area (Å²) in [7, 11) is 0. The third kappa shape index (κ3) is 6.03. The summed E-state index contributed by atoms with van der Waals surface area (Å²) in [5.74, 6) is -1.36. The van der Waals surface area contributed by atoms with Gasteiger partial charge in [0.1, 0.15) is 0 Å². The Bertz CT molecular complexity index is 1230. The monoisotopic (exact) mass is 502 g/mol. The van der Waals surface area contributed by atoms with Crippen molar-refractivity contribution in [2.24, 2.45) is 0 Å². The number of Topliss-reactive ketones (excluding diaryl/α,β-unsaturated/α-hetero) is 1. The molecular formula is C24H20Cl2N2O6. The Labute approximate surface area is 205 Å². The smallest absolute Gasteiger partial charge is 0.338 e. The van der Waals surface area contributed by atoms with Gasteiger partial charge in [-0.25, -0.2) is 4.79 Å². The fourth-order valence-electron chi connectivity index (χ4n) is 3.25. The molecule has 0 spiro atoms. The van der Waals surface area contributed by atoms with Gasteiger partial charge in [0.25, 0.3) is 0 Å². The van der Waals surface area contributed by atoms with Gasteiger partial charge in [0.2, 0.25) is 0 Å². The molecule has 0 aliphatic carbocycles. The van der Waals surface area contributed by atoms with E-state index in [1.165, 1.54) is 6.07 Å². The summed E-state index contributed by atoms with van der Waals surface area (Å²) in [5, 5.41) is 24.7. The molecule has 34 heavy (non-hydrogen) atoms. The van der Waals surface area contributed by atoms with Crippen LogP contribution in [0.4, 0.5) is 11.4 Å². The van der Waals surface area contributed by atoms with E-state index in [1.807, 2.05) is 0 Å². The lowest BCUT2D eigenvalue weighted by Crippen LogP contribution is -2.16. The molecule has 3 aromatic rings. The number of halogens is 2. The van der Waals surface area contributed by atoms with Crippen LogP contribution >= 0.6 is 23.2 Å². The molecule has 0 fully saturated rings. The molecule has 0 aliphatic rings. The quantitative estimate of drug-likeness (QED) is 0.154. The number of nitrogens with zero attached hydrogens (tertiary/aromatic N) is 1. The predicted octanol–water partition coefficient (Wildman–Crippen LogP) is 6.21. The van der Waals surface area contributed by atoms with Crippen LogP contribution in [0.2, 0.25) is 10.0 Å². The average Bonchev–Trinajstić information content (AvgIpc) is 2.81. The van der Waals surface area contributed by atoms with Gasteiger partial charge in [-0.2, -0.15) is 0 Å². The van der Waals surface area contributed by atoms with E-state index in [4.69, 9.17) is 27.9 Å². The van der Waals surface area contributed by atoms with Crippen molar-refractivity contribution in [3.05, 3.63) is 97.5 Å². The van der Waals surface area contributed by atoms with E-state index in [9.17, 15) is 24.8 Å². The normalized spacial score (nSPS) is 11.5. The van der Waals surface area contributed by atoms with Gasteiger partial charge >= 0.3 is 11.7 Å². The van der Waals surface area contributed by atoms with Crippen molar-refractivity contribution in [2.75, 3.05) is 11.9 Å². The predicted molar refractivity (Wildman–Crippen MR) is 129 cm³/mol. The van der Waals surface area contributed by atoms with Gasteiger partial charge in [-0.3, -0.25) is 14.9 Å². The van der Waals surface area contributed by atoms with Crippen molar-refractivity contribution in [1.82, 2.24) is 0 Å². The first-order valence-electron chi connectivity index (χ1n) is 10.2. The van der Waals surface area contributed by atoms with Crippen molar-refractivity contribution >= 4 is 46.3 Å². The highest BCUT2D eigenvalue weighted by atomic mass is 35.5. The number of ether oxygens (including phenoxy) is 1. The number of ketones is 1. The highest BCUT2D eigenvalue weighted by molar-refractivity contribution is 6.42. The number of phenolic OH excluding ortho intramolecular Hbond substituents is 1. The lowest BCUT2D eigenvalue weighted by atomic mass is 9.97. The summed E-state index contributed by atoms with van der Waals surface area (Å²) in [6.07, 6.45) is -0.0838. The molecule has 3 rings (SSSR count). The molecule has 3 aromatic carbocycles. The van der Waals surface area contributed by atoms with E-state index in [-0.39, 0.29) is 18.6 Å². The van der Waals surface area contributed by atoms with Crippen LogP contribution in [0.3, 0.4) is 0 Å². The fraction of sp³-hybridized carbons (Fsp3) is 0.167. The second kappa shape index (κ2) is 11.0. The molecule has 1 unspecified atom stereocenters. The molecule has 8 nitrogen and oxygen atoms in total. The standard InChI is InChI=1S/C24H20Cl2N2O6/c1-2-34-24(31)14-3-7-17(8-4-14)27-20(15-5-9-18(25)19(26)11-15)13-23(30)16-6-10-22(29)21(12-16)28(32)33/h3-12,20,27,29H,2,13H2,1H3. The lowest BCUT2D eigenvalue weighted by molar-refractivity contribution is -0.385. The highest BCUT2D eigenvalue weighted by Crippen LogP contribution is 2.32. The highest BCUT2D eigenvalue weighted by Gasteiger charge is 2.22. The minimum Gasteiger partial charge on any atom is -0.502 e. The zero-order chi connectivity index (χ0) is 24.8. The summed E-state index contributed by atoms with van der Waals surface area (Å²) < 4.78 is 4.98. The SMILES string of the molecule is CCOC(=O)c1ccc(NC(CC(=O)c2ccc(O)c([N+](=O)[O-])c2)c2ccc(Cl)c(Cl)c2)cc1. The van der Waals surface area contributed by atoms with Gasteiger partial charge in [-0.1, -0.05) is 29.3 Å². The van der Waals surface area contributed by atoms with E-state index in [0.717, 1.165) is 12.1 Å². The number of phenols is 1. The average molecular weight is 503 g/mol. The number of carbonyl (C=O) groups is 2. The van der Waals surface area contributed by atoms with Crippen LogP contribution in [0.25, 0.3) is 0 Å². The minimum atomic E-state index is -0.758. The molecule has 0 saturated carbocycles. The zero-order valence-corrected chi connectivity index (χ0v) is 19.5. The van der Waals surface area contributed by atoms with Gasteiger partial charge in [0, 0.05) is 23.7 Å². The molecule has 0 aromatic heterocycles. The molecule has 176 valence electrons. The zero-order valence-electron chi connectivity index (χ0n) is 18.0. The summed E-state index contributed by atoms with van der Waals surface area (Å²) in [5.41, 5.74) is 1.18. The molecular weight excluding hydrogens is 483 g/mol. The van der Waals surface area contributed by atoms with Crippen LogP contribution in [0.1, 0.15) is 45.7 Å². The van der Waals surface area contributed by atoms with Crippen LogP contribution in [-0.2, 0) is 4.74 Å². The third-order valence-electron chi connectivity index (χ3n) is 4.97. The number of nitro benzene ring substituents is 1. The number of hydrogen-bond acceptors (Lipinski definition) is 7. The van der Waals surface area contributed by atoms with Crippen LogP contribution in [0.15, 0.2) is 60.7 Å². The number of rotatable bonds is 9. The van der Waals surface area contributed by atoms with Crippen LogP contribution in [-0.4, -0.2) is 28.4 Å². The Kier molecular flexibility index (Phi) is 8.09. The number of anilines is 1. The van der Waals surface area contributed by atoms with Crippen LogP contribution in [0.5, 0.6) is 5.75 Å². The van der Waals surface area contributed by atoms with Crippen molar-refractivity contribution in [2.45, 2.75) is 19.4 Å². The Balaban J connectivity index is 1.89. The van der Waals surface area contributed by atoms with Crippen molar-refractivity contribution in [1.29, 1.82) is 0 Å². The van der Waals surface area contributed by atoms with Gasteiger partial charge in [-0.05, 0) is 61.0 Å². The van der Waals surface area contributed by atoms with Crippen molar-refractivity contribution < 1.29 is 24.4 Å². The fourth-order valence-corrected chi connectivity index (χ4v) is 3.55. The summed E-state index contributed by atoms with van der Waals surface area (Å²) >= 11 is 12.2. The van der Waals surface area contributed by atoms with E-state index >= 15 is 0 Å². The Hall–Kier alpha value is -3.62. The molecule has 0 saturated heterocycles. The number of benzene rings is 3. The maximum atomic E-state index is 13.0. The lowest BCUT2D eigenvalue weighted by Gasteiger charge is -2.21. The van der Waals surface area contributed by atoms with Gasteiger partial charge in [0.15, 0.2) is 11.5 Å². The molecule has 0 radical (unpaired) electrons. The largest absolute Gasteiger partial charge is 0.502 e. The van der Waals surface area contributed by atoms with E-state index < -0.39 is 34.2 Å². The van der Waals surface area contributed by atoms with Gasteiger partial charge in [-0.15, -0.1) is 0 Å². The Morgan fingerprint density at radius 1 is 1.03 bits per heavy atom. The maximum absolute atomic E-state index is 13.0. The first-order valence-corrected chi connectivity index (χ1v) is 10.9. The van der Waals surface area contributed by atoms with Gasteiger partial charge < -0.3 is 15.2 Å². The van der Waals surface area contributed by atoms with E-state index in [2.05, 4.69) is 5.32 Å². The molecule has 0 aliphatic heterocycles. The summed E-state index contributed by atoms with van der Waals surface area (Å²) in [6.45, 7) is 1.98. The molecule has 0 amide bonds. The minimum absolute atomic E-state index is 0.0778. The number of carbonyl (C=O) groups excluding carboxylic acids is 2. The number of aromatic hydroxyl groups is 1. The van der Waals surface area contributed by atoms with Gasteiger partial charge in [0.05, 0.1) is 33.2 Å². The number of hydrogen-bond donors (Lipinski definition) is 2. The van der Waals surface area contributed by atoms with Crippen LogP contribution in [0, 0.1) is 10.1 Å². The molecule has 0 bridgehead atoms. The molecule has 1 atom stereocenters. The van der Waals surface area contributed by atoms with E-state index in [0.29, 0.717) is 26.9 Å². The molecule has 10 heteroatoms.